The van der Waals surface area contributed by atoms with Crippen molar-refractivity contribution in [1.29, 1.82) is 0 Å². The maximum Gasteiger partial charge on any atom is 0.326 e. The van der Waals surface area contributed by atoms with E-state index in [4.69, 9.17) is 10.8 Å². The van der Waals surface area contributed by atoms with Gasteiger partial charge in [0.05, 0.1) is 12.9 Å². The average Bonchev–Trinajstić information content (AvgIpc) is 3.35. The third-order valence-corrected chi connectivity index (χ3v) is 5.32. The number of aromatic nitrogens is 2. The molecule has 4 atom stereocenters. The molecule has 0 aliphatic heterocycles. The lowest BCUT2D eigenvalue weighted by atomic mass is 10.0. The molecule has 0 spiro atoms. The Morgan fingerprint density at radius 3 is 2.11 bits per heavy atom. The van der Waals surface area contributed by atoms with Gasteiger partial charge in [-0.25, -0.2) is 9.78 Å². The fourth-order valence-corrected chi connectivity index (χ4v) is 3.25. The number of phenols is 1. The third-order valence-electron chi connectivity index (χ3n) is 4.95. The highest BCUT2D eigenvalue weighted by atomic mass is 32.1. The Morgan fingerprint density at radius 1 is 0.971 bits per heavy atom. The number of phenolic OH excluding ortho intramolecular Hbond substituents is 1. The number of amides is 3. The fourth-order valence-electron chi connectivity index (χ4n) is 2.99. The zero-order chi connectivity index (χ0) is 26.0. The molecule has 0 bridgehead atoms. The summed E-state index contributed by atoms with van der Waals surface area (Å²) >= 11 is 4.05. The van der Waals surface area contributed by atoms with E-state index in [0.29, 0.717) is 11.3 Å². The Bertz CT molecular complexity index is 1000. The number of carbonyl (C=O) groups is 4. The van der Waals surface area contributed by atoms with Crippen LogP contribution in [-0.2, 0) is 32.0 Å². The normalized spacial score (nSPS) is 14.3. The topological polar surface area (TPSA) is 220 Å². The van der Waals surface area contributed by atoms with Gasteiger partial charge in [-0.3, -0.25) is 14.4 Å². The predicted molar refractivity (Wildman–Crippen MR) is 126 cm³/mol. The Labute approximate surface area is 205 Å². The second-order valence-corrected chi connectivity index (χ2v) is 8.01. The molecule has 0 radical (unpaired) electrons. The zero-order valence-electron chi connectivity index (χ0n) is 18.5. The molecular formula is C21H28N6O7S. The molecule has 0 saturated heterocycles. The molecule has 35 heavy (non-hydrogen) atoms. The number of hydrogen-bond donors (Lipinski definition) is 9. The van der Waals surface area contributed by atoms with Gasteiger partial charge >= 0.3 is 5.97 Å². The van der Waals surface area contributed by atoms with Crippen molar-refractivity contribution in [3.8, 4) is 5.75 Å². The van der Waals surface area contributed by atoms with Gasteiger partial charge in [0.2, 0.25) is 17.7 Å². The van der Waals surface area contributed by atoms with Crippen LogP contribution in [0.5, 0.6) is 5.75 Å². The van der Waals surface area contributed by atoms with Crippen molar-refractivity contribution in [2.45, 2.75) is 37.0 Å². The van der Waals surface area contributed by atoms with Gasteiger partial charge in [0, 0.05) is 30.5 Å². The number of thiol groups is 1. The summed E-state index contributed by atoms with van der Waals surface area (Å²) in [6, 6.07) is 0.901. The summed E-state index contributed by atoms with van der Waals surface area (Å²) in [6.07, 6.45) is 2.68. The number of nitrogens with zero attached hydrogens (tertiary/aromatic N) is 1. The number of aliphatic hydroxyl groups is 1. The Hall–Kier alpha value is -3.62. The van der Waals surface area contributed by atoms with E-state index in [1.54, 1.807) is 12.1 Å². The van der Waals surface area contributed by atoms with E-state index in [9.17, 15) is 29.4 Å². The maximum absolute atomic E-state index is 13.1. The SMILES string of the molecule is NC(CO)C(=O)NC(CS)C(=O)NC(Cc1ccc(O)cc1)C(=O)NC(Cc1cnc[nH]1)C(=O)O. The first-order chi connectivity index (χ1) is 16.6. The van der Waals surface area contributed by atoms with Crippen LogP contribution in [-0.4, -0.2) is 85.5 Å². The number of nitrogens with two attached hydrogens (primary N) is 1. The quantitative estimate of drug-likeness (QED) is 0.132. The first kappa shape index (κ1) is 27.6. The van der Waals surface area contributed by atoms with Crippen molar-refractivity contribution < 1.29 is 34.5 Å². The van der Waals surface area contributed by atoms with Crippen LogP contribution >= 0.6 is 12.6 Å². The molecule has 2 aromatic rings. The highest BCUT2D eigenvalue weighted by Crippen LogP contribution is 2.12. The van der Waals surface area contributed by atoms with Crippen LogP contribution in [0, 0.1) is 0 Å². The van der Waals surface area contributed by atoms with Gasteiger partial charge in [-0.15, -0.1) is 0 Å². The second-order valence-electron chi connectivity index (χ2n) is 7.64. The van der Waals surface area contributed by atoms with E-state index < -0.39 is 54.5 Å². The van der Waals surface area contributed by atoms with E-state index in [0.717, 1.165) is 0 Å². The maximum atomic E-state index is 13.1. The second kappa shape index (κ2) is 13.3. The molecule has 4 unspecified atom stereocenters. The number of carboxylic acids is 1. The van der Waals surface area contributed by atoms with E-state index in [2.05, 4.69) is 38.5 Å². The standard InChI is InChI=1S/C21H28N6O7S/c22-14(8-28)18(30)27-17(9-35)20(32)25-15(5-11-1-3-13(29)4-2-11)19(31)26-16(21(33)34)6-12-7-23-10-24-12/h1-4,7,10,14-17,28-29,35H,5-6,8-9,22H2,(H,23,24)(H,25,32)(H,26,31)(H,27,30)(H,33,34). The summed E-state index contributed by atoms with van der Waals surface area (Å²) < 4.78 is 0. The first-order valence-corrected chi connectivity index (χ1v) is 11.1. The van der Waals surface area contributed by atoms with Crippen LogP contribution in [0.4, 0.5) is 0 Å². The average molecular weight is 509 g/mol. The largest absolute Gasteiger partial charge is 0.508 e. The summed E-state index contributed by atoms with van der Waals surface area (Å²) in [5.41, 5.74) is 6.50. The monoisotopic (exact) mass is 508 g/mol. The van der Waals surface area contributed by atoms with Gasteiger partial charge in [-0.2, -0.15) is 12.6 Å². The van der Waals surface area contributed by atoms with Crippen LogP contribution in [0.15, 0.2) is 36.8 Å². The van der Waals surface area contributed by atoms with Crippen molar-refractivity contribution in [3.63, 3.8) is 0 Å². The minimum Gasteiger partial charge on any atom is -0.508 e. The summed E-state index contributed by atoms with van der Waals surface area (Å²) in [7, 11) is 0. The van der Waals surface area contributed by atoms with Crippen LogP contribution in [0.2, 0.25) is 0 Å². The number of aromatic hydroxyl groups is 1. The Balaban J connectivity index is 2.20. The van der Waals surface area contributed by atoms with Gasteiger partial charge < -0.3 is 42.0 Å². The number of imidazole rings is 1. The lowest BCUT2D eigenvalue weighted by Gasteiger charge is -2.24. The molecule has 190 valence electrons. The number of aliphatic hydroxyl groups excluding tert-OH is 1. The molecule has 1 aromatic heterocycles. The fraction of sp³-hybridized carbons (Fsp3) is 0.381. The van der Waals surface area contributed by atoms with E-state index >= 15 is 0 Å². The molecule has 14 heteroatoms. The van der Waals surface area contributed by atoms with Crippen molar-refractivity contribution in [2.75, 3.05) is 12.4 Å². The molecule has 13 nitrogen and oxygen atoms in total. The van der Waals surface area contributed by atoms with Crippen molar-refractivity contribution in [3.05, 3.63) is 48.0 Å². The lowest BCUT2D eigenvalue weighted by molar-refractivity contribution is -0.142. The van der Waals surface area contributed by atoms with E-state index in [1.165, 1.54) is 24.7 Å². The van der Waals surface area contributed by atoms with Crippen molar-refractivity contribution >= 4 is 36.3 Å². The number of aromatic amines is 1. The molecule has 2 rings (SSSR count). The molecule has 0 aliphatic rings. The number of carboxylic acid groups (broad SMARTS) is 1. The van der Waals surface area contributed by atoms with Crippen LogP contribution in [0.3, 0.4) is 0 Å². The summed E-state index contributed by atoms with van der Waals surface area (Å²) in [6.45, 7) is -0.633. The summed E-state index contributed by atoms with van der Waals surface area (Å²) in [5, 5.41) is 35.3. The molecule has 0 saturated carbocycles. The van der Waals surface area contributed by atoms with Gasteiger partial charge in [0.1, 0.15) is 29.9 Å². The number of H-pyrrole nitrogens is 1. The smallest absolute Gasteiger partial charge is 0.326 e. The van der Waals surface area contributed by atoms with Crippen molar-refractivity contribution in [2.24, 2.45) is 5.73 Å². The van der Waals surface area contributed by atoms with Crippen LogP contribution in [0.1, 0.15) is 11.3 Å². The molecule has 3 amide bonds. The molecule has 9 N–H and O–H groups in total. The number of carbonyl (C=O) groups excluding carboxylic acids is 3. The number of benzene rings is 1. The molecule has 0 aliphatic carbocycles. The van der Waals surface area contributed by atoms with Crippen molar-refractivity contribution in [1.82, 2.24) is 25.9 Å². The van der Waals surface area contributed by atoms with Gasteiger partial charge in [-0.1, -0.05) is 12.1 Å². The third kappa shape index (κ3) is 8.59. The molecular weight excluding hydrogens is 480 g/mol. The Kier molecular flexibility index (Phi) is 10.5. The number of rotatable bonds is 13. The van der Waals surface area contributed by atoms with Gasteiger partial charge in [-0.05, 0) is 17.7 Å². The van der Waals surface area contributed by atoms with E-state index in [1.807, 2.05) is 0 Å². The molecule has 1 aromatic carbocycles. The van der Waals surface area contributed by atoms with E-state index in [-0.39, 0.29) is 24.3 Å². The lowest BCUT2D eigenvalue weighted by Crippen LogP contribution is -2.58. The zero-order valence-corrected chi connectivity index (χ0v) is 19.4. The minimum atomic E-state index is -1.31. The number of nitrogens with one attached hydrogen (secondary N) is 4. The van der Waals surface area contributed by atoms with Gasteiger partial charge in [0.15, 0.2) is 0 Å². The minimum absolute atomic E-state index is 0.00218. The highest BCUT2D eigenvalue weighted by Gasteiger charge is 2.30. The predicted octanol–water partition coefficient (Wildman–Crippen LogP) is -2.31. The highest BCUT2D eigenvalue weighted by molar-refractivity contribution is 7.80. The Morgan fingerprint density at radius 2 is 1.57 bits per heavy atom. The van der Waals surface area contributed by atoms with Crippen LogP contribution in [0.25, 0.3) is 0 Å². The number of aliphatic carboxylic acids is 1. The van der Waals surface area contributed by atoms with Crippen LogP contribution < -0.4 is 21.7 Å². The number of hydrogen-bond acceptors (Lipinski definition) is 9. The summed E-state index contributed by atoms with van der Waals surface area (Å²) in [4.78, 5) is 56.2. The summed E-state index contributed by atoms with van der Waals surface area (Å²) in [5.74, 6) is -3.76. The van der Waals surface area contributed by atoms with Gasteiger partial charge in [0.25, 0.3) is 0 Å². The molecule has 0 fully saturated rings. The molecule has 1 heterocycles. The first-order valence-electron chi connectivity index (χ1n) is 10.5.